The van der Waals surface area contributed by atoms with E-state index in [2.05, 4.69) is 9.44 Å². The van der Waals surface area contributed by atoms with E-state index in [0.29, 0.717) is 5.56 Å². The zero-order valence-electron chi connectivity index (χ0n) is 8.97. The predicted octanol–water partition coefficient (Wildman–Crippen LogP) is 2.26. The molecule has 0 bridgehead atoms. The molecule has 16 heavy (non-hydrogen) atoms. The highest BCUT2D eigenvalue weighted by Gasteiger charge is 2.08. The van der Waals surface area contributed by atoms with Gasteiger partial charge in [0.1, 0.15) is 0 Å². The fourth-order valence-electron chi connectivity index (χ4n) is 0.886. The molecule has 0 unspecified atom stereocenters. The van der Waals surface area contributed by atoms with E-state index in [1.165, 1.54) is 6.92 Å². The number of hydrogen-bond acceptors (Lipinski definition) is 4. The Balaban J connectivity index is 2.82. The van der Waals surface area contributed by atoms with Gasteiger partial charge in [-0.3, -0.25) is 4.28 Å². The SMILES string of the molecule is CCS(=O)(=O)ON=C(Cl)c1ccc(C)cc1. The van der Waals surface area contributed by atoms with Crippen molar-refractivity contribution in [3.63, 3.8) is 0 Å². The Morgan fingerprint density at radius 1 is 1.38 bits per heavy atom. The molecule has 0 aliphatic heterocycles. The van der Waals surface area contributed by atoms with E-state index in [1.54, 1.807) is 12.1 Å². The number of rotatable bonds is 4. The minimum Gasteiger partial charge on any atom is -0.267 e. The lowest BCUT2D eigenvalue weighted by Gasteiger charge is -2.00. The molecule has 0 aliphatic carbocycles. The van der Waals surface area contributed by atoms with Crippen molar-refractivity contribution >= 4 is 26.9 Å². The second-order valence-corrected chi connectivity index (χ2v) is 5.37. The van der Waals surface area contributed by atoms with Crippen molar-refractivity contribution in [2.75, 3.05) is 5.75 Å². The molecule has 0 aliphatic rings. The zero-order chi connectivity index (χ0) is 12.2. The molecule has 0 fully saturated rings. The summed E-state index contributed by atoms with van der Waals surface area (Å²) in [5.74, 6) is -0.144. The van der Waals surface area contributed by atoms with Gasteiger partial charge in [-0.05, 0) is 13.8 Å². The number of oxime groups is 1. The number of aryl methyl sites for hydroxylation is 1. The van der Waals surface area contributed by atoms with E-state index in [0.717, 1.165) is 5.56 Å². The molecule has 0 N–H and O–H groups in total. The summed E-state index contributed by atoms with van der Waals surface area (Å²) in [5.41, 5.74) is 1.69. The molecule has 1 aromatic rings. The van der Waals surface area contributed by atoms with Gasteiger partial charge in [-0.25, -0.2) is 0 Å². The average molecular weight is 262 g/mol. The smallest absolute Gasteiger partial charge is 0.267 e. The second-order valence-electron chi connectivity index (χ2n) is 3.17. The summed E-state index contributed by atoms with van der Waals surface area (Å²) >= 11 is 5.78. The van der Waals surface area contributed by atoms with Crippen LogP contribution in [-0.4, -0.2) is 19.3 Å². The lowest BCUT2D eigenvalue weighted by Crippen LogP contribution is -2.05. The molecule has 6 heteroatoms. The van der Waals surface area contributed by atoms with Gasteiger partial charge >= 0.3 is 10.1 Å². The molecule has 1 aromatic carbocycles. The third kappa shape index (κ3) is 3.83. The van der Waals surface area contributed by atoms with Crippen LogP contribution < -0.4 is 0 Å². The maximum Gasteiger partial charge on any atom is 0.328 e. The Morgan fingerprint density at radius 2 is 1.94 bits per heavy atom. The Morgan fingerprint density at radius 3 is 2.44 bits per heavy atom. The van der Waals surface area contributed by atoms with E-state index < -0.39 is 10.1 Å². The van der Waals surface area contributed by atoms with Crippen LogP contribution in [0.5, 0.6) is 0 Å². The Kier molecular flexibility index (Phi) is 4.32. The van der Waals surface area contributed by atoms with Gasteiger partial charge in [-0.15, -0.1) is 0 Å². The molecule has 0 saturated heterocycles. The van der Waals surface area contributed by atoms with E-state index >= 15 is 0 Å². The van der Waals surface area contributed by atoms with E-state index in [-0.39, 0.29) is 10.9 Å². The summed E-state index contributed by atoms with van der Waals surface area (Å²) in [6.45, 7) is 3.40. The predicted molar refractivity (Wildman–Crippen MR) is 64.1 cm³/mol. The molecule has 0 amide bonds. The minimum atomic E-state index is -3.60. The largest absolute Gasteiger partial charge is 0.328 e. The van der Waals surface area contributed by atoms with Crippen LogP contribution in [0.15, 0.2) is 29.4 Å². The van der Waals surface area contributed by atoms with Crippen molar-refractivity contribution in [1.82, 2.24) is 0 Å². The van der Waals surface area contributed by atoms with Crippen LogP contribution in [0, 0.1) is 6.92 Å². The minimum absolute atomic E-state index is 0.0111. The third-order valence-corrected chi connectivity index (χ3v) is 3.17. The molecule has 88 valence electrons. The zero-order valence-corrected chi connectivity index (χ0v) is 10.5. The summed E-state index contributed by atoms with van der Waals surface area (Å²) in [7, 11) is -3.60. The fourth-order valence-corrected chi connectivity index (χ4v) is 1.38. The number of nitrogens with zero attached hydrogens (tertiary/aromatic N) is 1. The van der Waals surface area contributed by atoms with Crippen molar-refractivity contribution in [1.29, 1.82) is 0 Å². The first-order valence-corrected chi connectivity index (χ1v) is 6.62. The summed E-state index contributed by atoms with van der Waals surface area (Å²) < 4.78 is 26.4. The van der Waals surface area contributed by atoms with Gasteiger partial charge in [0.25, 0.3) is 0 Å². The summed E-state index contributed by atoms with van der Waals surface area (Å²) in [6.07, 6.45) is 0. The highest BCUT2D eigenvalue weighted by Crippen LogP contribution is 2.08. The summed E-state index contributed by atoms with van der Waals surface area (Å²) in [4.78, 5) is 0. The van der Waals surface area contributed by atoms with Crippen molar-refractivity contribution in [3.05, 3.63) is 35.4 Å². The standard InChI is InChI=1S/C10H12ClNO3S/c1-3-16(13,14)15-12-10(11)9-6-4-8(2)5-7-9/h4-7H,3H2,1-2H3. The molecular weight excluding hydrogens is 250 g/mol. The van der Waals surface area contributed by atoms with Gasteiger partial charge in [0.2, 0.25) is 0 Å². The van der Waals surface area contributed by atoms with Crippen LogP contribution in [0.25, 0.3) is 0 Å². The first kappa shape index (κ1) is 13.0. The molecule has 0 spiro atoms. The number of benzene rings is 1. The maximum atomic E-state index is 11.0. The second kappa shape index (κ2) is 5.32. The summed E-state index contributed by atoms with van der Waals surface area (Å²) in [5, 5.41) is 3.37. The van der Waals surface area contributed by atoms with Crippen LogP contribution in [-0.2, 0) is 14.4 Å². The molecule has 0 heterocycles. The van der Waals surface area contributed by atoms with E-state index in [1.807, 2.05) is 19.1 Å². The molecule has 0 atom stereocenters. The van der Waals surface area contributed by atoms with Crippen LogP contribution in [0.4, 0.5) is 0 Å². The highest BCUT2D eigenvalue weighted by atomic mass is 35.5. The van der Waals surface area contributed by atoms with Gasteiger partial charge in [0.05, 0.1) is 5.75 Å². The Labute approximate surface area is 100.0 Å². The van der Waals surface area contributed by atoms with Crippen LogP contribution >= 0.6 is 11.6 Å². The molecule has 0 saturated carbocycles. The van der Waals surface area contributed by atoms with E-state index in [9.17, 15) is 8.42 Å². The van der Waals surface area contributed by atoms with Crippen molar-refractivity contribution < 1.29 is 12.7 Å². The van der Waals surface area contributed by atoms with Gasteiger partial charge < -0.3 is 0 Å². The topological polar surface area (TPSA) is 55.7 Å². The Hall–Kier alpha value is -1.07. The van der Waals surface area contributed by atoms with Crippen molar-refractivity contribution in [3.8, 4) is 0 Å². The highest BCUT2D eigenvalue weighted by molar-refractivity contribution is 7.86. The number of hydrogen-bond donors (Lipinski definition) is 0. The van der Waals surface area contributed by atoms with Gasteiger partial charge in [-0.2, -0.15) is 8.42 Å². The van der Waals surface area contributed by atoms with Crippen LogP contribution in [0.2, 0.25) is 0 Å². The average Bonchev–Trinajstić information content (AvgIpc) is 2.27. The molecular formula is C10H12ClNO3S. The van der Waals surface area contributed by atoms with Crippen molar-refractivity contribution in [2.45, 2.75) is 13.8 Å². The van der Waals surface area contributed by atoms with Crippen LogP contribution in [0.1, 0.15) is 18.1 Å². The van der Waals surface area contributed by atoms with Gasteiger partial charge in [0.15, 0.2) is 5.17 Å². The monoisotopic (exact) mass is 261 g/mol. The normalized spacial score (nSPS) is 12.6. The van der Waals surface area contributed by atoms with Gasteiger partial charge in [0, 0.05) is 5.56 Å². The molecule has 0 aromatic heterocycles. The van der Waals surface area contributed by atoms with Gasteiger partial charge in [-0.1, -0.05) is 46.6 Å². The third-order valence-electron chi connectivity index (χ3n) is 1.87. The molecule has 1 rings (SSSR count). The first-order chi connectivity index (χ1) is 7.44. The quantitative estimate of drug-likeness (QED) is 0.617. The van der Waals surface area contributed by atoms with Crippen LogP contribution in [0.3, 0.4) is 0 Å². The van der Waals surface area contributed by atoms with Crippen molar-refractivity contribution in [2.24, 2.45) is 5.16 Å². The molecule has 4 nitrogen and oxygen atoms in total. The summed E-state index contributed by atoms with van der Waals surface area (Å²) in [6, 6.07) is 7.18. The van der Waals surface area contributed by atoms with E-state index in [4.69, 9.17) is 11.6 Å². The molecule has 0 radical (unpaired) electrons. The first-order valence-electron chi connectivity index (χ1n) is 4.66. The maximum absolute atomic E-state index is 11.0. The lowest BCUT2D eigenvalue weighted by atomic mass is 10.2. The fraction of sp³-hybridized carbons (Fsp3) is 0.300. The number of halogens is 1. The lowest BCUT2D eigenvalue weighted by molar-refractivity contribution is 0.341. The Bertz CT molecular complexity index is 479.